The summed E-state index contributed by atoms with van der Waals surface area (Å²) in [6.07, 6.45) is -0.660. The molecule has 0 unspecified atom stereocenters. The van der Waals surface area contributed by atoms with Gasteiger partial charge in [0.15, 0.2) is 0 Å². The number of ether oxygens (including phenoxy) is 2. The van der Waals surface area contributed by atoms with Gasteiger partial charge in [0.2, 0.25) is 0 Å². The number of hydrogen-bond acceptors (Lipinski definition) is 4. The molecule has 2 aliphatic heterocycles. The zero-order valence-corrected chi connectivity index (χ0v) is 22.3. The van der Waals surface area contributed by atoms with Crippen molar-refractivity contribution in [3.05, 3.63) is 96.2 Å². The third-order valence-corrected chi connectivity index (χ3v) is 7.61. The van der Waals surface area contributed by atoms with Crippen LogP contribution in [0.3, 0.4) is 0 Å². The normalized spacial score (nSPS) is 16.0. The van der Waals surface area contributed by atoms with Crippen molar-refractivity contribution in [1.29, 1.82) is 0 Å². The summed E-state index contributed by atoms with van der Waals surface area (Å²) in [5, 5.41) is 1.72. The third-order valence-electron chi connectivity index (χ3n) is 7.61. The molecule has 0 spiro atoms. The summed E-state index contributed by atoms with van der Waals surface area (Å²) in [5.41, 5.74) is 4.49. The van der Waals surface area contributed by atoms with Crippen molar-refractivity contribution in [3.63, 3.8) is 0 Å². The first-order valence-corrected chi connectivity index (χ1v) is 13.4. The predicted octanol–water partition coefficient (Wildman–Crippen LogP) is 7.27. The molecule has 194 valence electrons. The first kappa shape index (κ1) is 18.7. The van der Waals surface area contributed by atoms with E-state index in [2.05, 4.69) is 11.1 Å². The first-order valence-electron chi connectivity index (χ1n) is 15.9. The highest BCUT2D eigenvalue weighted by Gasteiger charge is 2.40. The molecule has 6 aromatic rings. The van der Waals surface area contributed by atoms with Crippen molar-refractivity contribution in [2.24, 2.45) is 5.41 Å². The summed E-state index contributed by atoms with van der Waals surface area (Å²) in [4.78, 5) is 4.54. The number of hydrogen-bond donors (Lipinski definition) is 0. The topological polar surface area (TPSA) is 44.5 Å². The second-order valence-corrected chi connectivity index (χ2v) is 11.5. The summed E-state index contributed by atoms with van der Waals surface area (Å²) in [5.74, 6) is 3.07. The standard InChI is InChI=1S/C35H28BNO3/c1-20-19-37-27(15-21(20)18-35(2,3)4)23-10-7-9-22-24-16-32-26(17-31(24)40-34(22)23)36-25-11-5-6-12-28(25)38-29-13-8-14-30(39-32)33(29)36/h5-17,19H,18H2,1-4H3/i1D3,18D2. The van der Waals surface area contributed by atoms with Crippen LogP contribution in [0.1, 0.15) is 38.8 Å². The Morgan fingerprint density at radius 3 is 2.42 bits per heavy atom. The molecule has 8 rings (SSSR count). The summed E-state index contributed by atoms with van der Waals surface area (Å²) < 4.78 is 61.5. The molecule has 2 aliphatic rings. The second-order valence-electron chi connectivity index (χ2n) is 11.5. The van der Waals surface area contributed by atoms with E-state index in [1.165, 1.54) is 6.20 Å². The largest absolute Gasteiger partial charge is 0.458 e. The predicted molar refractivity (Wildman–Crippen MR) is 163 cm³/mol. The number of furan rings is 1. The molecule has 0 atom stereocenters. The van der Waals surface area contributed by atoms with Crippen LogP contribution in [0, 0.1) is 12.3 Å². The molecule has 0 saturated carbocycles. The molecule has 0 fully saturated rings. The van der Waals surface area contributed by atoms with Crippen LogP contribution in [0.25, 0.3) is 33.2 Å². The van der Waals surface area contributed by atoms with Gasteiger partial charge in [-0.05, 0) is 83.2 Å². The molecule has 0 N–H and O–H groups in total. The lowest BCUT2D eigenvalue weighted by Crippen LogP contribution is -2.57. The van der Waals surface area contributed by atoms with Gasteiger partial charge in [0, 0.05) is 34.8 Å². The molecule has 0 radical (unpaired) electrons. The Hall–Kier alpha value is -4.51. The SMILES string of the molecule is [2H]C([2H])([2H])c1cnc(-c2cccc3c2oc2cc4c(cc23)Oc2cccc3c2B4c2ccccc2O3)cc1C([2H])([2H])C(C)(C)C. The quantitative estimate of drug-likeness (QED) is 0.222. The minimum atomic E-state index is -2.52. The number of nitrogens with zero attached hydrogens (tertiary/aromatic N) is 1. The van der Waals surface area contributed by atoms with Gasteiger partial charge in [-0.2, -0.15) is 0 Å². The van der Waals surface area contributed by atoms with E-state index in [4.69, 9.17) is 20.7 Å². The van der Waals surface area contributed by atoms with Crippen LogP contribution in [-0.4, -0.2) is 11.7 Å². The van der Waals surface area contributed by atoms with E-state index in [-0.39, 0.29) is 17.8 Å². The number of benzene rings is 4. The van der Waals surface area contributed by atoms with Crippen molar-refractivity contribution in [1.82, 2.24) is 4.98 Å². The third kappa shape index (κ3) is 3.50. The molecular formula is C35H28BNO3. The number of aryl methyl sites for hydroxylation is 1. The average Bonchev–Trinajstić information content (AvgIpc) is 3.36. The Labute approximate surface area is 240 Å². The highest BCUT2D eigenvalue weighted by Crippen LogP contribution is 2.40. The number of rotatable bonds is 2. The molecule has 4 aromatic carbocycles. The minimum absolute atomic E-state index is 0.0940. The van der Waals surface area contributed by atoms with Crippen molar-refractivity contribution in [3.8, 4) is 34.3 Å². The van der Waals surface area contributed by atoms with Gasteiger partial charge >= 0.3 is 0 Å². The number of pyridine rings is 1. The zero-order valence-electron chi connectivity index (χ0n) is 27.3. The van der Waals surface area contributed by atoms with Crippen molar-refractivity contribution in [2.75, 3.05) is 0 Å². The number of aromatic nitrogens is 1. The van der Waals surface area contributed by atoms with Gasteiger partial charge in [-0.15, -0.1) is 0 Å². The molecule has 2 aromatic heterocycles. The Balaban J connectivity index is 1.33. The van der Waals surface area contributed by atoms with E-state index in [0.717, 1.165) is 50.2 Å². The highest BCUT2D eigenvalue weighted by atomic mass is 16.5. The second kappa shape index (κ2) is 8.25. The smallest absolute Gasteiger partial charge is 0.260 e. The summed E-state index contributed by atoms with van der Waals surface area (Å²) in [7, 11) is 0. The fourth-order valence-corrected chi connectivity index (χ4v) is 5.98. The van der Waals surface area contributed by atoms with Gasteiger partial charge in [-0.1, -0.05) is 57.2 Å². The first-order chi connectivity index (χ1) is 21.3. The molecule has 0 saturated heterocycles. The van der Waals surface area contributed by atoms with Crippen LogP contribution >= 0.6 is 0 Å². The minimum Gasteiger partial charge on any atom is -0.458 e. The average molecular weight is 526 g/mol. The van der Waals surface area contributed by atoms with E-state index in [0.29, 0.717) is 22.4 Å². The molecular weight excluding hydrogens is 493 g/mol. The summed E-state index contributed by atoms with van der Waals surface area (Å²) in [6, 6.07) is 25.3. The van der Waals surface area contributed by atoms with Gasteiger partial charge in [0.05, 0.1) is 5.69 Å². The highest BCUT2D eigenvalue weighted by molar-refractivity contribution is 6.98. The maximum atomic E-state index is 8.95. The Kier molecular flexibility index (Phi) is 3.86. The Bertz CT molecular complexity index is 2200. The Morgan fingerprint density at radius 1 is 0.825 bits per heavy atom. The van der Waals surface area contributed by atoms with Gasteiger partial charge < -0.3 is 13.9 Å². The van der Waals surface area contributed by atoms with E-state index < -0.39 is 18.6 Å². The lowest BCUT2D eigenvalue weighted by molar-refractivity contribution is 0.410. The van der Waals surface area contributed by atoms with E-state index in [1.54, 1.807) is 26.8 Å². The van der Waals surface area contributed by atoms with Crippen molar-refractivity contribution >= 4 is 45.0 Å². The number of para-hydroxylation sites is 2. The van der Waals surface area contributed by atoms with Crippen LogP contribution in [0.5, 0.6) is 23.0 Å². The molecule has 0 aliphatic carbocycles. The zero-order chi connectivity index (χ0) is 31.5. The van der Waals surface area contributed by atoms with Crippen LogP contribution < -0.4 is 25.9 Å². The van der Waals surface area contributed by atoms with Crippen LogP contribution in [0.2, 0.25) is 0 Å². The van der Waals surface area contributed by atoms with Gasteiger partial charge in [0.1, 0.15) is 34.2 Å². The van der Waals surface area contributed by atoms with E-state index in [9.17, 15) is 0 Å². The monoisotopic (exact) mass is 526 g/mol. The van der Waals surface area contributed by atoms with Crippen LogP contribution in [0.4, 0.5) is 0 Å². The lowest BCUT2D eigenvalue weighted by Gasteiger charge is -2.32. The van der Waals surface area contributed by atoms with Crippen molar-refractivity contribution in [2.45, 2.75) is 34.0 Å². The summed E-state index contributed by atoms with van der Waals surface area (Å²) in [6.45, 7) is 2.66. The molecule has 0 amide bonds. The molecule has 40 heavy (non-hydrogen) atoms. The molecule has 4 heterocycles. The fraction of sp³-hybridized carbons (Fsp3) is 0.171. The van der Waals surface area contributed by atoms with Gasteiger partial charge in [-0.25, -0.2) is 0 Å². The van der Waals surface area contributed by atoms with E-state index >= 15 is 0 Å². The fourth-order valence-electron chi connectivity index (χ4n) is 5.98. The van der Waals surface area contributed by atoms with Crippen molar-refractivity contribution < 1.29 is 20.7 Å². The number of fused-ring (bicyclic) bond motifs is 7. The van der Waals surface area contributed by atoms with Crippen LogP contribution in [-0.2, 0) is 6.37 Å². The van der Waals surface area contributed by atoms with Crippen LogP contribution in [0.15, 0.2) is 89.5 Å². The van der Waals surface area contributed by atoms with Gasteiger partial charge in [0.25, 0.3) is 6.71 Å². The van der Waals surface area contributed by atoms with E-state index in [1.807, 2.05) is 66.7 Å². The van der Waals surface area contributed by atoms with Gasteiger partial charge in [-0.3, -0.25) is 4.98 Å². The maximum Gasteiger partial charge on any atom is 0.260 e. The maximum absolute atomic E-state index is 8.95. The summed E-state index contributed by atoms with van der Waals surface area (Å²) >= 11 is 0. The molecule has 4 nitrogen and oxygen atoms in total. The molecule has 5 heteroatoms. The molecule has 0 bridgehead atoms. The lowest BCUT2D eigenvalue weighted by atomic mass is 9.35. The Morgan fingerprint density at radius 2 is 1.60 bits per heavy atom.